The molecule has 48 valence electrons. The van der Waals surface area contributed by atoms with Crippen LogP contribution < -0.4 is 0 Å². The van der Waals surface area contributed by atoms with Crippen molar-refractivity contribution in [1.29, 1.82) is 0 Å². The molecule has 3 nitrogen and oxygen atoms in total. The van der Waals surface area contributed by atoms with Crippen LogP contribution in [0.25, 0.3) is 0 Å². The number of hydrogen-bond acceptors (Lipinski definition) is 3. The summed E-state index contributed by atoms with van der Waals surface area (Å²) in [7, 11) is 0.725. The Hall–Kier alpha value is 0.0969. The van der Waals surface area contributed by atoms with Gasteiger partial charge in [0.05, 0.1) is 6.61 Å². The molecule has 8 heavy (non-hydrogen) atoms. The van der Waals surface area contributed by atoms with E-state index in [1.165, 1.54) is 0 Å². The fraction of sp³-hybridized carbons (Fsp3) is 1.00. The van der Waals surface area contributed by atoms with Gasteiger partial charge >= 0.3 is 0 Å². The molecule has 0 aromatic rings. The minimum atomic E-state index is -0.0737. The lowest BCUT2D eigenvalue weighted by molar-refractivity contribution is -0.382. The molecule has 1 heterocycles. The predicted octanol–water partition coefficient (Wildman–Crippen LogP) is -0.649. The Labute approximate surface area is 51.4 Å². The van der Waals surface area contributed by atoms with E-state index < -0.39 is 0 Å². The molecule has 1 atom stereocenters. The van der Waals surface area contributed by atoms with Gasteiger partial charge in [-0.2, -0.15) is 0 Å². The molecule has 0 N–H and O–H groups in total. The number of rotatable bonds is 1. The third-order valence-electron chi connectivity index (χ3n) is 1.11. The zero-order valence-corrected chi connectivity index (χ0v) is 6.92. The molecule has 0 radical (unpaired) electrons. The summed E-state index contributed by atoms with van der Waals surface area (Å²) < 4.78 is 4.98. The smallest absolute Gasteiger partial charge is 0.181 e. The Morgan fingerprint density at radius 3 is 2.88 bits per heavy atom. The summed E-state index contributed by atoms with van der Waals surface area (Å²) in [5.41, 5.74) is 0. The second-order valence-corrected chi connectivity index (χ2v) is 2.20. The molecule has 1 unspecified atom stereocenters. The molecule has 0 amide bonds. The molecule has 1 aliphatic rings. The monoisotopic (exact) mass is 134 g/mol. The molecule has 0 aromatic heterocycles. The van der Waals surface area contributed by atoms with Crippen LogP contribution in [0.15, 0.2) is 0 Å². The predicted molar refractivity (Wildman–Crippen MR) is 31.1 cm³/mol. The SMILES string of the molecule is [SiH3]OC1CCCOO1. The maximum absolute atomic E-state index is 4.98. The van der Waals surface area contributed by atoms with Crippen LogP contribution in [0.1, 0.15) is 12.8 Å². The minimum absolute atomic E-state index is 0.0737. The van der Waals surface area contributed by atoms with Gasteiger partial charge in [0.2, 0.25) is 0 Å². The van der Waals surface area contributed by atoms with Crippen LogP contribution in [0, 0.1) is 0 Å². The van der Waals surface area contributed by atoms with Crippen LogP contribution in [0.4, 0.5) is 0 Å². The second-order valence-electron chi connectivity index (χ2n) is 1.73. The van der Waals surface area contributed by atoms with Crippen LogP contribution in [0.3, 0.4) is 0 Å². The van der Waals surface area contributed by atoms with Crippen LogP contribution in [-0.2, 0) is 14.2 Å². The largest absolute Gasteiger partial charge is 0.402 e. The summed E-state index contributed by atoms with van der Waals surface area (Å²) in [6.07, 6.45) is 1.95. The Morgan fingerprint density at radius 2 is 2.50 bits per heavy atom. The highest BCUT2D eigenvalue weighted by Gasteiger charge is 2.11. The molecule has 0 saturated carbocycles. The second kappa shape index (κ2) is 3.19. The van der Waals surface area contributed by atoms with E-state index in [0.29, 0.717) is 6.61 Å². The van der Waals surface area contributed by atoms with Gasteiger partial charge in [0.25, 0.3) is 0 Å². The normalized spacial score (nSPS) is 30.8. The van der Waals surface area contributed by atoms with E-state index in [9.17, 15) is 0 Å². The van der Waals surface area contributed by atoms with Gasteiger partial charge in [-0.15, -0.1) is 0 Å². The van der Waals surface area contributed by atoms with Crippen LogP contribution in [-0.4, -0.2) is 23.4 Å². The van der Waals surface area contributed by atoms with Crippen molar-refractivity contribution >= 4 is 10.5 Å². The van der Waals surface area contributed by atoms with E-state index in [1.807, 2.05) is 0 Å². The van der Waals surface area contributed by atoms with Gasteiger partial charge in [0, 0.05) is 6.42 Å². The zero-order valence-electron chi connectivity index (χ0n) is 4.92. The molecule has 4 heteroatoms. The highest BCUT2D eigenvalue weighted by molar-refractivity contribution is 5.98. The Bertz CT molecular complexity index is 62.3. The highest BCUT2D eigenvalue weighted by atomic mass is 28.2. The minimum Gasteiger partial charge on any atom is -0.402 e. The first-order chi connectivity index (χ1) is 3.93. The fourth-order valence-electron chi connectivity index (χ4n) is 0.638. The first kappa shape index (κ1) is 6.22. The van der Waals surface area contributed by atoms with E-state index in [0.717, 1.165) is 23.3 Å². The van der Waals surface area contributed by atoms with Gasteiger partial charge in [-0.3, -0.25) is 0 Å². The summed E-state index contributed by atoms with van der Waals surface area (Å²) in [4.78, 5) is 9.41. The quantitative estimate of drug-likeness (QED) is 0.352. The molecule has 1 aliphatic heterocycles. The standard InChI is InChI=1S/C4H10O3Si/c8-7-4-2-1-3-5-6-4/h4H,1-3H2,8H3. The molecule has 0 aliphatic carbocycles. The van der Waals surface area contributed by atoms with Gasteiger partial charge < -0.3 is 4.43 Å². The van der Waals surface area contributed by atoms with Crippen molar-refractivity contribution < 1.29 is 14.2 Å². The van der Waals surface area contributed by atoms with Gasteiger partial charge in [0.15, 0.2) is 6.29 Å². The third-order valence-corrected chi connectivity index (χ3v) is 1.63. The first-order valence-corrected chi connectivity index (χ1v) is 3.56. The van der Waals surface area contributed by atoms with E-state index in [1.54, 1.807) is 0 Å². The summed E-state index contributed by atoms with van der Waals surface area (Å²) in [5, 5.41) is 0. The molecule has 0 bridgehead atoms. The lowest BCUT2D eigenvalue weighted by Gasteiger charge is -2.19. The van der Waals surface area contributed by atoms with E-state index >= 15 is 0 Å². The molecule has 1 saturated heterocycles. The van der Waals surface area contributed by atoms with Gasteiger partial charge in [-0.1, -0.05) is 0 Å². The maximum atomic E-state index is 4.98. The lowest BCUT2D eigenvalue weighted by Crippen LogP contribution is -2.21. The highest BCUT2D eigenvalue weighted by Crippen LogP contribution is 2.09. The van der Waals surface area contributed by atoms with Crippen molar-refractivity contribution in [2.45, 2.75) is 19.1 Å². The lowest BCUT2D eigenvalue weighted by atomic mass is 10.3. The fourth-order valence-corrected chi connectivity index (χ4v) is 0.952. The summed E-state index contributed by atoms with van der Waals surface area (Å²) >= 11 is 0. The van der Waals surface area contributed by atoms with E-state index in [2.05, 4.69) is 4.89 Å². The molecule has 0 spiro atoms. The molecule has 0 aromatic carbocycles. The van der Waals surface area contributed by atoms with Crippen molar-refractivity contribution in [2.75, 3.05) is 6.61 Å². The summed E-state index contributed by atoms with van der Waals surface area (Å²) in [6, 6.07) is 0. The van der Waals surface area contributed by atoms with Gasteiger partial charge in [0.1, 0.15) is 10.5 Å². The maximum Gasteiger partial charge on any atom is 0.181 e. The Balaban J connectivity index is 2.13. The molecule has 1 rings (SSSR count). The molecular weight excluding hydrogens is 124 g/mol. The summed E-state index contributed by atoms with van der Waals surface area (Å²) in [5.74, 6) is 0. The van der Waals surface area contributed by atoms with Crippen molar-refractivity contribution in [3.05, 3.63) is 0 Å². The Kier molecular flexibility index (Phi) is 2.48. The Morgan fingerprint density at radius 1 is 1.62 bits per heavy atom. The average Bonchev–Trinajstić information content (AvgIpc) is 1.90. The van der Waals surface area contributed by atoms with Crippen molar-refractivity contribution in [3.63, 3.8) is 0 Å². The topological polar surface area (TPSA) is 27.7 Å². The van der Waals surface area contributed by atoms with Crippen molar-refractivity contribution in [2.24, 2.45) is 0 Å². The van der Waals surface area contributed by atoms with Gasteiger partial charge in [-0.25, -0.2) is 9.78 Å². The van der Waals surface area contributed by atoms with Crippen molar-refractivity contribution in [1.82, 2.24) is 0 Å². The van der Waals surface area contributed by atoms with E-state index in [4.69, 9.17) is 9.31 Å². The first-order valence-electron chi connectivity index (χ1n) is 2.74. The van der Waals surface area contributed by atoms with Gasteiger partial charge in [-0.05, 0) is 6.42 Å². The van der Waals surface area contributed by atoms with Crippen molar-refractivity contribution in [3.8, 4) is 0 Å². The van der Waals surface area contributed by atoms with E-state index in [-0.39, 0.29) is 6.29 Å². The van der Waals surface area contributed by atoms with Crippen LogP contribution in [0.5, 0.6) is 0 Å². The van der Waals surface area contributed by atoms with Crippen LogP contribution >= 0.6 is 0 Å². The number of hydrogen-bond donors (Lipinski definition) is 0. The average molecular weight is 134 g/mol. The molecular formula is C4H10O3Si. The zero-order chi connectivity index (χ0) is 5.82. The third kappa shape index (κ3) is 1.55. The molecule has 1 fully saturated rings. The summed E-state index contributed by atoms with van der Waals surface area (Å²) in [6.45, 7) is 0.710. The van der Waals surface area contributed by atoms with Crippen LogP contribution in [0.2, 0.25) is 0 Å².